The zero-order chi connectivity index (χ0) is 31.1. The Morgan fingerprint density at radius 1 is 0.762 bits per heavy atom. The van der Waals surface area contributed by atoms with Crippen molar-refractivity contribution in [1.82, 2.24) is 10.7 Å². The van der Waals surface area contributed by atoms with E-state index in [1.54, 1.807) is 5.43 Å². The molecule has 0 bridgehead atoms. The zero-order valence-corrected chi connectivity index (χ0v) is 27.0. The van der Waals surface area contributed by atoms with E-state index in [4.69, 9.17) is 10.5 Å². The fraction of sp³-hybridized carbons (Fsp3) is 0.906. The SMILES string of the molecule is CCCCCCCCCCCCNC(=O)[C@H](CCCN=C(N)N[N+](=O)[O-])CC(=O)OCCCCCCCCCCCC. The lowest BCUT2D eigenvalue weighted by molar-refractivity contribution is -0.525. The van der Waals surface area contributed by atoms with Crippen molar-refractivity contribution < 1.29 is 19.4 Å². The molecule has 1 atom stereocenters. The zero-order valence-electron chi connectivity index (χ0n) is 27.0. The summed E-state index contributed by atoms with van der Waals surface area (Å²) in [5, 5.41) is 12.7. The number of nitrogens with two attached hydrogens (primary N) is 1. The second kappa shape index (κ2) is 30.1. The second-order valence-corrected chi connectivity index (χ2v) is 11.6. The minimum Gasteiger partial charge on any atom is -0.466 e. The number of nitro groups is 1. The van der Waals surface area contributed by atoms with E-state index >= 15 is 0 Å². The predicted octanol–water partition coefficient (Wildman–Crippen LogP) is 7.37. The van der Waals surface area contributed by atoms with Gasteiger partial charge in [-0.05, 0) is 25.7 Å². The van der Waals surface area contributed by atoms with Gasteiger partial charge in [0.1, 0.15) is 0 Å². The number of hydrogen-bond acceptors (Lipinski definition) is 6. The highest BCUT2D eigenvalue weighted by Crippen LogP contribution is 2.15. The molecule has 0 heterocycles. The number of hydrazine groups is 1. The molecule has 0 rings (SSSR count). The summed E-state index contributed by atoms with van der Waals surface area (Å²) in [5.41, 5.74) is 7.26. The van der Waals surface area contributed by atoms with Gasteiger partial charge >= 0.3 is 5.97 Å². The first-order valence-corrected chi connectivity index (χ1v) is 17.0. The predicted molar refractivity (Wildman–Crippen MR) is 172 cm³/mol. The van der Waals surface area contributed by atoms with Crippen LogP contribution in [0.2, 0.25) is 0 Å². The third kappa shape index (κ3) is 27.8. The van der Waals surface area contributed by atoms with Crippen LogP contribution in [0.3, 0.4) is 0 Å². The Morgan fingerprint density at radius 2 is 1.24 bits per heavy atom. The molecule has 0 saturated carbocycles. The first kappa shape index (κ1) is 39.6. The van der Waals surface area contributed by atoms with Crippen LogP contribution < -0.4 is 16.5 Å². The van der Waals surface area contributed by atoms with E-state index in [9.17, 15) is 19.7 Å². The molecule has 0 aliphatic carbocycles. The Labute approximate surface area is 255 Å². The maximum absolute atomic E-state index is 12.9. The lowest BCUT2D eigenvalue weighted by Gasteiger charge is -2.16. The summed E-state index contributed by atoms with van der Waals surface area (Å²) in [5.74, 6) is -1.31. The summed E-state index contributed by atoms with van der Waals surface area (Å²) in [6, 6.07) is 0. The third-order valence-electron chi connectivity index (χ3n) is 7.57. The number of ether oxygens (including phenoxy) is 1. The fourth-order valence-corrected chi connectivity index (χ4v) is 5.00. The van der Waals surface area contributed by atoms with E-state index in [-0.39, 0.29) is 30.8 Å². The van der Waals surface area contributed by atoms with E-state index < -0.39 is 11.0 Å². The number of hydrogen-bond donors (Lipinski definition) is 3. The van der Waals surface area contributed by atoms with Gasteiger partial charge in [0.25, 0.3) is 5.96 Å². The van der Waals surface area contributed by atoms with Gasteiger partial charge < -0.3 is 15.8 Å². The molecule has 10 nitrogen and oxygen atoms in total. The molecule has 0 aliphatic heterocycles. The molecule has 42 heavy (non-hydrogen) atoms. The first-order chi connectivity index (χ1) is 20.4. The Morgan fingerprint density at radius 3 is 1.74 bits per heavy atom. The number of aliphatic imine (C=N–C) groups is 1. The Bertz CT molecular complexity index is 705. The van der Waals surface area contributed by atoms with Crippen LogP contribution in [0, 0.1) is 16.0 Å². The van der Waals surface area contributed by atoms with Crippen LogP contribution >= 0.6 is 0 Å². The van der Waals surface area contributed by atoms with Crippen molar-refractivity contribution in [3.05, 3.63) is 10.1 Å². The van der Waals surface area contributed by atoms with Crippen LogP contribution in [0.1, 0.15) is 162 Å². The monoisotopic (exact) mass is 597 g/mol. The minimum absolute atomic E-state index is 0.0218. The number of esters is 1. The Balaban J connectivity index is 4.31. The molecule has 1 amide bonds. The summed E-state index contributed by atoms with van der Waals surface area (Å²) < 4.78 is 5.44. The van der Waals surface area contributed by atoms with Gasteiger partial charge in [0.2, 0.25) is 5.91 Å². The van der Waals surface area contributed by atoms with Gasteiger partial charge in [0.05, 0.1) is 13.0 Å². The van der Waals surface area contributed by atoms with E-state index in [1.807, 2.05) is 0 Å². The van der Waals surface area contributed by atoms with E-state index in [2.05, 4.69) is 24.2 Å². The van der Waals surface area contributed by atoms with Crippen LogP contribution in [0.4, 0.5) is 0 Å². The lowest BCUT2D eigenvalue weighted by atomic mass is 9.98. The normalized spacial score (nSPS) is 12.2. The highest BCUT2D eigenvalue weighted by atomic mass is 16.7. The molecule has 0 fully saturated rings. The Kier molecular flexibility index (Phi) is 28.4. The van der Waals surface area contributed by atoms with Crippen LogP contribution in [-0.4, -0.2) is 42.6 Å². The molecule has 0 spiro atoms. The highest BCUT2D eigenvalue weighted by molar-refractivity contribution is 5.83. The third-order valence-corrected chi connectivity index (χ3v) is 7.57. The molecule has 4 N–H and O–H groups in total. The van der Waals surface area contributed by atoms with Gasteiger partial charge in [-0.25, -0.2) is 15.1 Å². The van der Waals surface area contributed by atoms with Crippen molar-refractivity contribution in [2.24, 2.45) is 16.6 Å². The standard InChI is InChI=1S/C32H63N5O5/c1-3-5-7-9-11-13-15-17-19-21-25-34-31(39)29(24-23-26-35-32(33)36-37(40)41)28-30(38)42-27-22-20-18-16-14-12-10-8-6-4-2/h29H,3-28H2,1-2H3,(H,34,39)(H3,33,35,36)/t29-/m1/s1. The molecule has 0 aliphatic rings. The van der Waals surface area contributed by atoms with Crippen molar-refractivity contribution in [2.45, 2.75) is 162 Å². The first-order valence-electron chi connectivity index (χ1n) is 17.0. The van der Waals surface area contributed by atoms with Gasteiger partial charge in [-0.15, -0.1) is 0 Å². The quantitative estimate of drug-likeness (QED) is 0.0195. The molecule has 10 heteroatoms. The molecule has 0 saturated heterocycles. The van der Waals surface area contributed by atoms with E-state index in [1.165, 1.54) is 96.3 Å². The summed E-state index contributed by atoms with van der Waals surface area (Å²) in [7, 11) is 0. The van der Waals surface area contributed by atoms with Crippen molar-refractivity contribution in [1.29, 1.82) is 0 Å². The van der Waals surface area contributed by atoms with E-state index in [0.717, 1.165) is 32.1 Å². The number of nitrogens with one attached hydrogen (secondary N) is 2. The number of guanidine groups is 1. The molecule has 0 aromatic heterocycles. The van der Waals surface area contributed by atoms with Crippen LogP contribution in [0.5, 0.6) is 0 Å². The largest absolute Gasteiger partial charge is 0.466 e. The summed E-state index contributed by atoms with van der Waals surface area (Å²) in [6.45, 7) is 5.67. The van der Waals surface area contributed by atoms with Crippen molar-refractivity contribution >= 4 is 17.8 Å². The topological polar surface area (TPSA) is 149 Å². The van der Waals surface area contributed by atoms with Crippen LogP contribution in [0.25, 0.3) is 0 Å². The van der Waals surface area contributed by atoms with Crippen molar-refractivity contribution in [3.63, 3.8) is 0 Å². The number of carbonyl (C=O) groups is 2. The number of nitrogens with zero attached hydrogens (tertiary/aromatic N) is 2. The maximum Gasteiger partial charge on any atom is 0.306 e. The van der Waals surface area contributed by atoms with Gasteiger partial charge in [0.15, 0.2) is 5.03 Å². The molecule has 0 radical (unpaired) electrons. The average molecular weight is 598 g/mol. The van der Waals surface area contributed by atoms with Gasteiger partial charge in [-0.2, -0.15) is 0 Å². The minimum atomic E-state index is -0.770. The second-order valence-electron chi connectivity index (χ2n) is 11.6. The van der Waals surface area contributed by atoms with Crippen molar-refractivity contribution in [2.75, 3.05) is 19.7 Å². The maximum atomic E-state index is 12.9. The number of unbranched alkanes of at least 4 members (excludes halogenated alkanes) is 18. The van der Waals surface area contributed by atoms with E-state index in [0.29, 0.717) is 26.0 Å². The molecular formula is C32H63N5O5. The van der Waals surface area contributed by atoms with Gasteiger partial charge in [-0.1, -0.05) is 135 Å². The average Bonchev–Trinajstić information content (AvgIpc) is 2.95. The number of carbonyl (C=O) groups excluding carboxylic acids is 2. The number of rotatable bonds is 30. The van der Waals surface area contributed by atoms with Crippen LogP contribution in [-0.2, 0) is 14.3 Å². The lowest BCUT2D eigenvalue weighted by Crippen LogP contribution is -2.36. The molecular weight excluding hydrogens is 534 g/mol. The fourth-order valence-electron chi connectivity index (χ4n) is 5.00. The molecule has 0 unspecified atom stereocenters. The summed E-state index contributed by atoms with van der Waals surface area (Å²) in [6.07, 6.45) is 25.3. The highest BCUT2D eigenvalue weighted by Gasteiger charge is 2.22. The van der Waals surface area contributed by atoms with Crippen molar-refractivity contribution in [3.8, 4) is 0 Å². The van der Waals surface area contributed by atoms with Gasteiger partial charge in [-0.3, -0.25) is 9.59 Å². The molecule has 0 aromatic carbocycles. The summed E-state index contributed by atoms with van der Waals surface area (Å²) >= 11 is 0. The van der Waals surface area contributed by atoms with Gasteiger partial charge in [0, 0.05) is 19.0 Å². The summed E-state index contributed by atoms with van der Waals surface area (Å²) in [4.78, 5) is 39.8. The Hall–Kier alpha value is -2.39. The molecule has 0 aromatic rings. The number of amides is 1. The van der Waals surface area contributed by atoms with Crippen LogP contribution in [0.15, 0.2) is 4.99 Å². The smallest absolute Gasteiger partial charge is 0.306 e. The molecule has 246 valence electrons.